The van der Waals surface area contributed by atoms with Crippen molar-refractivity contribution >= 4 is 23.2 Å². The summed E-state index contributed by atoms with van der Waals surface area (Å²) >= 11 is 1.56. The Morgan fingerprint density at radius 1 is 1.11 bits per heavy atom. The predicted octanol–water partition coefficient (Wildman–Crippen LogP) is 4.26. The average Bonchev–Trinajstić information content (AvgIpc) is 3.39. The number of carbonyl (C=O) groups excluding carboxylic acids is 2. The van der Waals surface area contributed by atoms with Crippen molar-refractivity contribution in [3.63, 3.8) is 0 Å². The van der Waals surface area contributed by atoms with Crippen LogP contribution in [0.1, 0.15) is 57.0 Å². The number of piperidine rings is 1. The van der Waals surface area contributed by atoms with Gasteiger partial charge in [0, 0.05) is 29.1 Å². The van der Waals surface area contributed by atoms with Gasteiger partial charge in [0.15, 0.2) is 0 Å². The molecule has 2 amide bonds. The third-order valence-corrected chi connectivity index (χ3v) is 6.74. The van der Waals surface area contributed by atoms with Crippen molar-refractivity contribution in [1.82, 2.24) is 10.2 Å². The number of hydrogen-bond acceptors (Lipinski definition) is 3. The quantitative estimate of drug-likeness (QED) is 0.840. The van der Waals surface area contributed by atoms with Crippen LogP contribution in [0.5, 0.6) is 0 Å². The molecule has 1 saturated heterocycles. The highest BCUT2D eigenvalue weighted by molar-refractivity contribution is 7.13. The number of nitrogens with one attached hydrogen (secondary N) is 1. The fraction of sp³-hybridized carbons (Fsp3) is 0.455. The number of amides is 2. The van der Waals surface area contributed by atoms with Gasteiger partial charge < -0.3 is 10.2 Å². The lowest BCUT2D eigenvalue weighted by Gasteiger charge is -2.42. The SMILES string of the molecule is Cc1ccc(C(=O)N2CCC(CC3CC3)(NC(=O)c3ccccc3)CC2)s1. The molecule has 1 N–H and O–H groups in total. The highest BCUT2D eigenvalue weighted by Gasteiger charge is 2.41. The number of thiophene rings is 1. The number of likely N-dealkylation sites (tertiary alicyclic amines) is 1. The molecule has 2 aromatic rings. The summed E-state index contributed by atoms with van der Waals surface area (Å²) in [5, 5.41) is 3.35. The molecule has 1 aromatic carbocycles. The molecule has 0 unspecified atom stereocenters. The maximum atomic E-state index is 12.8. The van der Waals surface area contributed by atoms with Gasteiger partial charge in [0.1, 0.15) is 0 Å². The molecule has 2 heterocycles. The number of carbonyl (C=O) groups is 2. The van der Waals surface area contributed by atoms with Gasteiger partial charge in [-0.25, -0.2) is 0 Å². The van der Waals surface area contributed by atoms with Crippen LogP contribution in [0.15, 0.2) is 42.5 Å². The number of nitrogens with zero attached hydrogens (tertiary/aromatic N) is 1. The first kappa shape index (κ1) is 18.2. The highest BCUT2D eigenvalue weighted by atomic mass is 32.1. The Bertz CT molecular complexity index is 818. The lowest BCUT2D eigenvalue weighted by atomic mass is 9.82. The molecule has 142 valence electrons. The first-order chi connectivity index (χ1) is 13.0. The van der Waals surface area contributed by atoms with Gasteiger partial charge in [-0.1, -0.05) is 31.0 Å². The fourth-order valence-corrected chi connectivity index (χ4v) is 4.84. The van der Waals surface area contributed by atoms with Crippen molar-refractivity contribution in [2.45, 2.75) is 44.6 Å². The van der Waals surface area contributed by atoms with Crippen LogP contribution in [0.25, 0.3) is 0 Å². The zero-order valence-corrected chi connectivity index (χ0v) is 16.6. The molecule has 1 saturated carbocycles. The van der Waals surface area contributed by atoms with Gasteiger partial charge in [-0.05, 0) is 56.4 Å². The largest absolute Gasteiger partial charge is 0.346 e. The van der Waals surface area contributed by atoms with E-state index in [-0.39, 0.29) is 17.4 Å². The van der Waals surface area contributed by atoms with Gasteiger partial charge >= 0.3 is 0 Å². The van der Waals surface area contributed by atoms with Crippen molar-refractivity contribution in [1.29, 1.82) is 0 Å². The van der Waals surface area contributed by atoms with Crippen molar-refractivity contribution in [2.24, 2.45) is 5.92 Å². The van der Waals surface area contributed by atoms with Gasteiger partial charge in [0.2, 0.25) is 0 Å². The molecule has 27 heavy (non-hydrogen) atoms. The first-order valence-corrected chi connectivity index (χ1v) is 10.6. The normalized spacial score (nSPS) is 18.9. The summed E-state index contributed by atoms with van der Waals surface area (Å²) in [5.41, 5.74) is 0.524. The van der Waals surface area contributed by atoms with Gasteiger partial charge in [-0.2, -0.15) is 0 Å². The van der Waals surface area contributed by atoms with E-state index in [2.05, 4.69) is 5.32 Å². The number of benzene rings is 1. The van der Waals surface area contributed by atoms with E-state index >= 15 is 0 Å². The molecular formula is C22H26N2O2S. The molecule has 0 atom stereocenters. The van der Waals surface area contributed by atoms with Crippen LogP contribution < -0.4 is 5.32 Å². The van der Waals surface area contributed by atoms with Crippen molar-refractivity contribution < 1.29 is 9.59 Å². The molecule has 4 rings (SSSR count). The third-order valence-electron chi connectivity index (χ3n) is 5.75. The molecule has 1 aliphatic heterocycles. The van der Waals surface area contributed by atoms with Crippen LogP contribution in [-0.2, 0) is 0 Å². The Labute approximate surface area is 164 Å². The minimum absolute atomic E-state index is 0.00454. The standard InChI is InChI=1S/C22H26N2O2S/c1-16-7-10-19(27-16)21(26)24-13-11-22(12-14-24,15-17-8-9-17)23-20(25)18-5-3-2-4-6-18/h2-7,10,17H,8-9,11-15H2,1H3,(H,23,25). The van der Waals surface area contributed by atoms with Crippen LogP contribution in [0.4, 0.5) is 0 Å². The fourth-order valence-electron chi connectivity index (χ4n) is 4.00. The van der Waals surface area contributed by atoms with E-state index in [1.54, 1.807) is 11.3 Å². The Balaban J connectivity index is 1.44. The average molecular weight is 383 g/mol. The first-order valence-electron chi connectivity index (χ1n) is 9.78. The molecular weight excluding hydrogens is 356 g/mol. The summed E-state index contributed by atoms with van der Waals surface area (Å²) in [6.45, 7) is 3.44. The van der Waals surface area contributed by atoms with E-state index in [0.29, 0.717) is 18.7 Å². The third kappa shape index (κ3) is 4.24. The molecule has 1 aromatic heterocycles. The minimum atomic E-state index is -0.184. The van der Waals surface area contributed by atoms with E-state index in [9.17, 15) is 9.59 Å². The van der Waals surface area contributed by atoms with Crippen LogP contribution in [-0.4, -0.2) is 35.3 Å². The van der Waals surface area contributed by atoms with E-state index in [1.165, 1.54) is 12.8 Å². The second kappa shape index (κ2) is 7.47. The molecule has 2 fully saturated rings. The summed E-state index contributed by atoms with van der Waals surface area (Å²) < 4.78 is 0. The zero-order valence-electron chi connectivity index (χ0n) is 15.7. The van der Waals surface area contributed by atoms with Gasteiger partial charge in [-0.15, -0.1) is 11.3 Å². The zero-order chi connectivity index (χ0) is 18.9. The molecule has 0 spiro atoms. The van der Waals surface area contributed by atoms with E-state index in [4.69, 9.17) is 0 Å². The van der Waals surface area contributed by atoms with Crippen molar-refractivity contribution in [3.05, 3.63) is 57.8 Å². The second-order valence-corrected chi connectivity index (χ2v) is 9.24. The van der Waals surface area contributed by atoms with Crippen molar-refractivity contribution in [2.75, 3.05) is 13.1 Å². The maximum absolute atomic E-state index is 12.8. The maximum Gasteiger partial charge on any atom is 0.263 e. The van der Waals surface area contributed by atoms with E-state index < -0.39 is 0 Å². The molecule has 0 bridgehead atoms. The lowest BCUT2D eigenvalue weighted by Crippen LogP contribution is -2.56. The molecule has 5 heteroatoms. The Kier molecular flexibility index (Phi) is 5.04. The molecule has 0 radical (unpaired) electrons. The van der Waals surface area contributed by atoms with Gasteiger partial charge in [-0.3, -0.25) is 9.59 Å². The monoisotopic (exact) mass is 382 g/mol. The summed E-state index contributed by atoms with van der Waals surface area (Å²) in [4.78, 5) is 29.4. The topological polar surface area (TPSA) is 49.4 Å². The van der Waals surface area contributed by atoms with Gasteiger partial charge in [0.25, 0.3) is 11.8 Å². The summed E-state index contributed by atoms with van der Waals surface area (Å²) in [6, 6.07) is 13.4. The molecule has 1 aliphatic carbocycles. The van der Waals surface area contributed by atoms with Crippen molar-refractivity contribution in [3.8, 4) is 0 Å². The lowest BCUT2D eigenvalue weighted by molar-refractivity contribution is 0.0604. The summed E-state index contributed by atoms with van der Waals surface area (Å²) in [6.07, 6.45) is 5.22. The predicted molar refractivity (Wildman–Crippen MR) is 108 cm³/mol. The van der Waals surface area contributed by atoms with Crippen LogP contribution in [0, 0.1) is 12.8 Å². The summed E-state index contributed by atoms with van der Waals surface area (Å²) in [7, 11) is 0. The number of rotatable bonds is 5. The Morgan fingerprint density at radius 2 is 1.81 bits per heavy atom. The Hall–Kier alpha value is -2.14. The highest BCUT2D eigenvalue weighted by Crippen LogP contribution is 2.41. The Morgan fingerprint density at radius 3 is 2.41 bits per heavy atom. The van der Waals surface area contributed by atoms with Crippen LogP contribution in [0.3, 0.4) is 0 Å². The molecule has 4 nitrogen and oxygen atoms in total. The van der Waals surface area contributed by atoms with Crippen LogP contribution in [0.2, 0.25) is 0 Å². The number of hydrogen-bond donors (Lipinski definition) is 1. The van der Waals surface area contributed by atoms with E-state index in [1.807, 2.05) is 54.3 Å². The van der Waals surface area contributed by atoms with Gasteiger partial charge in [0.05, 0.1) is 4.88 Å². The van der Waals surface area contributed by atoms with Crippen LogP contribution >= 0.6 is 11.3 Å². The number of aryl methyl sites for hydroxylation is 1. The van der Waals surface area contributed by atoms with E-state index in [0.717, 1.165) is 34.9 Å². The molecule has 2 aliphatic rings. The smallest absolute Gasteiger partial charge is 0.263 e. The second-order valence-electron chi connectivity index (χ2n) is 7.95. The minimum Gasteiger partial charge on any atom is -0.346 e. The summed E-state index contributed by atoms with van der Waals surface area (Å²) in [5.74, 6) is 0.857.